The third kappa shape index (κ3) is 4.68. The monoisotopic (exact) mass is 374 g/mol. The minimum Gasteiger partial charge on any atom is -0.381 e. The fourth-order valence-electron chi connectivity index (χ4n) is 3.22. The summed E-state index contributed by atoms with van der Waals surface area (Å²) in [6, 6.07) is 11.5. The molecule has 1 aliphatic rings. The maximum absolute atomic E-state index is 13.3. The van der Waals surface area contributed by atoms with E-state index in [9.17, 15) is 18.4 Å². The Morgan fingerprint density at radius 1 is 0.963 bits per heavy atom. The van der Waals surface area contributed by atoms with Gasteiger partial charge in [0.25, 0.3) is 0 Å². The van der Waals surface area contributed by atoms with Crippen LogP contribution in [0.15, 0.2) is 48.5 Å². The maximum atomic E-state index is 13.3. The van der Waals surface area contributed by atoms with E-state index in [1.807, 2.05) is 0 Å². The van der Waals surface area contributed by atoms with Gasteiger partial charge < -0.3 is 15.4 Å². The number of anilines is 1. The average Bonchev–Trinajstić information content (AvgIpc) is 2.67. The van der Waals surface area contributed by atoms with Crippen molar-refractivity contribution < 1.29 is 23.1 Å². The Bertz CT molecular complexity index is 818. The summed E-state index contributed by atoms with van der Waals surface area (Å²) in [5.74, 6) is -2.53. The van der Waals surface area contributed by atoms with Gasteiger partial charge in [-0.1, -0.05) is 18.2 Å². The molecule has 0 aliphatic carbocycles. The van der Waals surface area contributed by atoms with Crippen LogP contribution in [-0.4, -0.2) is 31.6 Å². The van der Waals surface area contributed by atoms with Gasteiger partial charge in [0.1, 0.15) is 11.6 Å². The summed E-state index contributed by atoms with van der Waals surface area (Å²) in [5.41, 5.74) is 0.660. The van der Waals surface area contributed by atoms with Crippen molar-refractivity contribution in [2.45, 2.75) is 18.3 Å². The van der Waals surface area contributed by atoms with Gasteiger partial charge in [-0.25, -0.2) is 8.78 Å². The summed E-state index contributed by atoms with van der Waals surface area (Å²) in [6.07, 6.45) is 1.29. The molecule has 2 aromatic rings. The highest BCUT2D eigenvalue weighted by molar-refractivity contribution is 6.39. The first-order chi connectivity index (χ1) is 13.0. The lowest BCUT2D eigenvalue weighted by Gasteiger charge is -2.37. The first-order valence-corrected chi connectivity index (χ1v) is 8.67. The van der Waals surface area contributed by atoms with Gasteiger partial charge in [-0.15, -0.1) is 0 Å². The fraction of sp³-hybridized carbons (Fsp3) is 0.300. The average molecular weight is 374 g/mol. The van der Waals surface area contributed by atoms with Crippen LogP contribution in [0.4, 0.5) is 14.5 Å². The van der Waals surface area contributed by atoms with E-state index in [0.29, 0.717) is 26.1 Å². The maximum Gasteiger partial charge on any atom is 0.313 e. The third-order valence-corrected chi connectivity index (χ3v) is 4.78. The van der Waals surface area contributed by atoms with Gasteiger partial charge in [0, 0.05) is 30.9 Å². The molecular formula is C20H20F2N2O3. The highest BCUT2D eigenvalue weighted by Crippen LogP contribution is 2.34. The van der Waals surface area contributed by atoms with E-state index in [4.69, 9.17) is 4.74 Å². The third-order valence-electron chi connectivity index (χ3n) is 4.78. The number of carbonyl (C=O) groups excluding carboxylic acids is 2. The number of benzene rings is 2. The number of carbonyl (C=O) groups is 2. The molecule has 0 radical (unpaired) electrons. The number of rotatable bonds is 4. The van der Waals surface area contributed by atoms with Crippen LogP contribution in [0.25, 0.3) is 0 Å². The Hall–Kier alpha value is -2.80. The van der Waals surface area contributed by atoms with Gasteiger partial charge in [-0.3, -0.25) is 9.59 Å². The zero-order valence-corrected chi connectivity index (χ0v) is 14.6. The molecule has 27 heavy (non-hydrogen) atoms. The summed E-state index contributed by atoms with van der Waals surface area (Å²) in [7, 11) is 0. The van der Waals surface area contributed by atoms with Crippen LogP contribution in [0.2, 0.25) is 0 Å². The van der Waals surface area contributed by atoms with E-state index in [1.165, 1.54) is 30.3 Å². The molecule has 0 bridgehead atoms. The lowest BCUT2D eigenvalue weighted by atomic mass is 9.74. The van der Waals surface area contributed by atoms with Gasteiger partial charge in [-0.2, -0.15) is 0 Å². The standard InChI is InChI=1S/C20H20F2N2O3/c21-15-6-4-14(5-7-15)20(8-10-27-11-9-20)13-23-18(25)19(26)24-17-3-1-2-16(22)12-17/h1-7,12H,8-11,13H2,(H,23,25)(H,24,26). The molecule has 2 N–H and O–H groups in total. The SMILES string of the molecule is O=C(NCC1(c2ccc(F)cc2)CCOCC1)C(=O)Nc1cccc(F)c1. The van der Waals surface area contributed by atoms with Crippen LogP contribution in [0, 0.1) is 11.6 Å². The van der Waals surface area contributed by atoms with E-state index in [2.05, 4.69) is 10.6 Å². The minimum atomic E-state index is -0.873. The van der Waals surface area contributed by atoms with E-state index in [-0.39, 0.29) is 18.0 Å². The Balaban J connectivity index is 1.67. The fourth-order valence-corrected chi connectivity index (χ4v) is 3.22. The van der Waals surface area contributed by atoms with Crippen LogP contribution < -0.4 is 10.6 Å². The van der Waals surface area contributed by atoms with Crippen LogP contribution in [-0.2, 0) is 19.7 Å². The Kier molecular flexibility index (Phi) is 5.81. The second-order valence-electron chi connectivity index (χ2n) is 6.55. The minimum absolute atomic E-state index is 0.203. The van der Waals surface area contributed by atoms with Crippen LogP contribution >= 0.6 is 0 Å². The first kappa shape index (κ1) is 19.0. The van der Waals surface area contributed by atoms with Gasteiger partial charge in [0.05, 0.1) is 0 Å². The largest absolute Gasteiger partial charge is 0.381 e. The molecule has 2 amide bonds. The van der Waals surface area contributed by atoms with E-state index < -0.39 is 23.0 Å². The first-order valence-electron chi connectivity index (χ1n) is 8.67. The van der Waals surface area contributed by atoms with Crippen molar-refractivity contribution in [3.8, 4) is 0 Å². The molecule has 5 nitrogen and oxygen atoms in total. The molecule has 0 atom stereocenters. The van der Waals surface area contributed by atoms with Crippen molar-refractivity contribution in [1.29, 1.82) is 0 Å². The van der Waals surface area contributed by atoms with Crippen molar-refractivity contribution in [3.05, 3.63) is 65.7 Å². The molecule has 0 unspecified atom stereocenters. The quantitative estimate of drug-likeness (QED) is 0.809. The molecular weight excluding hydrogens is 354 g/mol. The summed E-state index contributed by atoms with van der Waals surface area (Å²) < 4.78 is 31.9. The second kappa shape index (κ2) is 8.26. The predicted molar refractivity (Wildman–Crippen MR) is 96.2 cm³/mol. The second-order valence-corrected chi connectivity index (χ2v) is 6.55. The molecule has 1 saturated heterocycles. The molecule has 2 aromatic carbocycles. The van der Waals surface area contributed by atoms with Crippen molar-refractivity contribution in [2.75, 3.05) is 25.1 Å². The molecule has 7 heteroatoms. The van der Waals surface area contributed by atoms with E-state index in [1.54, 1.807) is 12.1 Å². The normalized spacial score (nSPS) is 15.8. The lowest BCUT2D eigenvalue weighted by Crippen LogP contribution is -2.47. The topological polar surface area (TPSA) is 67.4 Å². The van der Waals surface area contributed by atoms with Crippen LogP contribution in [0.5, 0.6) is 0 Å². The summed E-state index contributed by atoms with van der Waals surface area (Å²) >= 11 is 0. The van der Waals surface area contributed by atoms with E-state index >= 15 is 0 Å². The summed E-state index contributed by atoms with van der Waals surface area (Å²) in [6.45, 7) is 1.25. The molecule has 1 fully saturated rings. The van der Waals surface area contributed by atoms with Gasteiger partial charge in [-0.05, 0) is 48.7 Å². The molecule has 0 spiro atoms. The molecule has 0 saturated carbocycles. The molecule has 1 aliphatic heterocycles. The van der Waals surface area contributed by atoms with Gasteiger partial charge in [0.15, 0.2) is 0 Å². The molecule has 3 rings (SSSR count). The highest BCUT2D eigenvalue weighted by atomic mass is 19.1. The zero-order valence-electron chi connectivity index (χ0n) is 14.6. The van der Waals surface area contributed by atoms with Crippen molar-refractivity contribution >= 4 is 17.5 Å². The number of halogens is 2. The predicted octanol–water partition coefficient (Wildman–Crippen LogP) is 2.77. The van der Waals surface area contributed by atoms with Crippen molar-refractivity contribution in [1.82, 2.24) is 5.32 Å². The van der Waals surface area contributed by atoms with Gasteiger partial charge >= 0.3 is 11.8 Å². The molecule has 0 aromatic heterocycles. The smallest absolute Gasteiger partial charge is 0.313 e. The number of ether oxygens (including phenoxy) is 1. The van der Waals surface area contributed by atoms with Crippen LogP contribution in [0.3, 0.4) is 0 Å². The number of nitrogens with one attached hydrogen (secondary N) is 2. The summed E-state index contributed by atoms with van der Waals surface area (Å²) in [5, 5.41) is 5.01. The van der Waals surface area contributed by atoms with Crippen molar-refractivity contribution in [2.24, 2.45) is 0 Å². The number of hydrogen-bond acceptors (Lipinski definition) is 3. The number of amides is 2. The number of hydrogen-bond donors (Lipinski definition) is 2. The Morgan fingerprint density at radius 2 is 1.67 bits per heavy atom. The van der Waals surface area contributed by atoms with Crippen LogP contribution in [0.1, 0.15) is 18.4 Å². The summed E-state index contributed by atoms with van der Waals surface area (Å²) in [4.78, 5) is 24.3. The van der Waals surface area contributed by atoms with Gasteiger partial charge in [0.2, 0.25) is 0 Å². The lowest BCUT2D eigenvalue weighted by molar-refractivity contribution is -0.136. The Morgan fingerprint density at radius 3 is 2.33 bits per heavy atom. The highest BCUT2D eigenvalue weighted by Gasteiger charge is 2.35. The Labute approximate surface area is 155 Å². The van der Waals surface area contributed by atoms with Crippen molar-refractivity contribution in [3.63, 3.8) is 0 Å². The zero-order chi connectivity index (χ0) is 19.3. The molecule has 142 valence electrons. The molecule has 1 heterocycles. The van der Waals surface area contributed by atoms with E-state index in [0.717, 1.165) is 11.6 Å².